The van der Waals surface area contributed by atoms with Gasteiger partial charge in [-0.25, -0.2) is 9.97 Å². The number of nitrogens with zero attached hydrogens (tertiary/aromatic N) is 2. The van der Waals surface area contributed by atoms with Crippen LogP contribution in [0.5, 0.6) is 0 Å². The molecule has 0 aliphatic heterocycles. The summed E-state index contributed by atoms with van der Waals surface area (Å²) in [6, 6.07) is 31.6. The molecular formula is C24H16N2. The van der Waals surface area contributed by atoms with Gasteiger partial charge < -0.3 is 0 Å². The monoisotopic (exact) mass is 332 g/mol. The van der Waals surface area contributed by atoms with Crippen LogP contribution in [0.4, 0.5) is 0 Å². The van der Waals surface area contributed by atoms with Gasteiger partial charge in [-0.1, -0.05) is 84.9 Å². The van der Waals surface area contributed by atoms with Crippen molar-refractivity contribution in [3.05, 3.63) is 97.3 Å². The summed E-state index contributed by atoms with van der Waals surface area (Å²) in [7, 11) is 0. The standard InChI is InChI=1S/C24H16N2/c1-2-6-17(7-3-1)18-10-12-20(13-11-18)23-22-15-14-19-8-4-5-9-21(19)24(22)26-16-25-23/h1-16H. The van der Waals surface area contributed by atoms with Crippen molar-refractivity contribution in [1.82, 2.24) is 9.97 Å². The molecule has 4 aromatic carbocycles. The van der Waals surface area contributed by atoms with Crippen LogP contribution in [0.2, 0.25) is 0 Å². The molecule has 122 valence electrons. The van der Waals surface area contributed by atoms with Crippen LogP contribution < -0.4 is 0 Å². The predicted octanol–water partition coefficient (Wildman–Crippen LogP) is 6.12. The number of aromatic nitrogens is 2. The van der Waals surface area contributed by atoms with Crippen LogP contribution in [-0.4, -0.2) is 9.97 Å². The van der Waals surface area contributed by atoms with E-state index in [1.54, 1.807) is 6.33 Å². The molecule has 0 radical (unpaired) electrons. The molecule has 0 bridgehead atoms. The van der Waals surface area contributed by atoms with E-state index < -0.39 is 0 Å². The van der Waals surface area contributed by atoms with E-state index in [0.717, 1.165) is 27.5 Å². The Bertz CT molecular complexity index is 1210. The highest BCUT2D eigenvalue weighted by atomic mass is 14.8. The molecule has 0 saturated carbocycles. The van der Waals surface area contributed by atoms with Gasteiger partial charge >= 0.3 is 0 Å². The first-order valence-corrected chi connectivity index (χ1v) is 8.68. The largest absolute Gasteiger partial charge is 0.236 e. The molecule has 5 rings (SSSR count). The molecule has 26 heavy (non-hydrogen) atoms. The fraction of sp³-hybridized carbons (Fsp3) is 0. The van der Waals surface area contributed by atoms with Crippen LogP contribution in [0.15, 0.2) is 97.3 Å². The first-order chi connectivity index (χ1) is 12.9. The Morgan fingerprint density at radius 3 is 2.00 bits per heavy atom. The highest BCUT2D eigenvalue weighted by Crippen LogP contribution is 2.31. The second kappa shape index (κ2) is 6.08. The van der Waals surface area contributed by atoms with Crippen molar-refractivity contribution in [1.29, 1.82) is 0 Å². The predicted molar refractivity (Wildman–Crippen MR) is 108 cm³/mol. The van der Waals surface area contributed by atoms with Crippen LogP contribution in [0.3, 0.4) is 0 Å². The minimum Gasteiger partial charge on any atom is -0.236 e. The van der Waals surface area contributed by atoms with Crippen LogP contribution in [0.1, 0.15) is 0 Å². The summed E-state index contributed by atoms with van der Waals surface area (Å²) in [4.78, 5) is 9.12. The van der Waals surface area contributed by atoms with E-state index in [0.29, 0.717) is 0 Å². The van der Waals surface area contributed by atoms with Crippen molar-refractivity contribution in [2.45, 2.75) is 0 Å². The molecule has 0 atom stereocenters. The van der Waals surface area contributed by atoms with E-state index >= 15 is 0 Å². The Labute approximate surface area is 151 Å². The van der Waals surface area contributed by atoms with Crippen molar-refractivity contribution in [3.8, 4) is 22.4 Å². The maximum Gasteiger partial charge on any atom is 0.116 e. The first kappa shape index (κ1) is 14.8. The molecule has 2 heteroatoms. The van der Waals surface area contributed by atoms with Crippen molar-refractivity contribution in [2.75, 3.05) is 0 Å². The lowest BCUT2D eigenvalue weighted by Gasteiger charge is -2.09. The summed E-state index contributed by atoms with van der Waals surface area (Å²) < 4.78 is 0. The topological polar surface area (TPSA) is 25.8 Å². The smallest absolute Gasteiger partial charge is 0.116 e. The number of rotatable bonds is 2. The van der Waals surface area contributed by atoms with E-state index in [1.165, 1.54) is 16.5 Å². The average molecular weight is 332 g/mol. The van der Waals surface area contributed by atoms with Gasteiger partial charge in [0.2, 0.25) is 0 Å². The van der Waals surface area contributed by atoms with Gasteiger partial charge in [-0.15, -0.1) is 0 Å². The van der Waals surface area contributed by atoms with Gasteiger partial charge in [-0.05, 0) is 22.6 Å². The molecular weight excluding hydrogens is 316 g/mol. The highest BCUT2D eigenvalue weighted by Gasteiger charge is 2.09. The maximum atomic E-state index is 4.58. The normalized spacial score (nSPS) is 11.1. The van der Waals surface area contributed by atoms with Crippen LogP contribution >= 0.6 is 0 Å². The lowest BCUT2D eigenvalue weighted by Crippen LogP contribution is -1.90. The molecule has 0 unspecified atom stereocenters. The van der Waals surface area contributed by atoms with Gasteiger partial charge in [0.25, 0.3) is 0 Å². The number of hydrogen-bond acceptors (Lipinski definition) is 2. The number of fused-ring (bicyclic) bond motifs is 3. The van der Waals surface area contributed by atoms with E-state index in [1.807, 2.05) is 6.07 Å². The van der Waals surface area contributed by atoms with Crippen LogP contribution in [0.25, 0.3) is 44.1 Å². The molecule has 0 aliphatic carbocycles. The van der Waals surface area contributed by atoms with Crippen LogP contribution in [-0.2, 0) is 0 Å². The molecule has 0 spiro atoms. The van der Waals surface area contributed by atoms with Crippen LogP contribution in [0, 0.1) is 0 Å². The zero-order chi connectivity index (χ0) is 17.3. The second-order valence-electron chi connectivity index (χ2n) is 6.35. The Morgan fingerprint density at radius 1 is 0.462 bits per heavy atom. The number of benzene rings is 4. The minimum absolute atomic E-state index is 0.973. The van der Waals surface area contributed by atoms with Gasteiger partial charge in [0, 0.05) is 16.3 Å². The quantitative estimate of drug-likeness (QED) is 0.364. The Kier molecular flexibility index (Phi) is 3.46. The third kappa shape index (κ3) is 2.44. The third-order valence-electron chi connectivity index (χ3n) is 4.79. The Balaban J connectivity index is 1.66. The Hall–Kier alpha value is -3.52. The zero-order valence-corrected chi connectivity index (χ0v) is 14.1. The molecule has 1 aromatic heterocycles. The molecule has 0 fully saturated rings. The summed E-state index contributed by atoms with van der Waals surface area (Å²) in [5.41, 5.74) is 5.50. The second-order valence-corrected chi connectivity index (χ2v) is 6.35. The minimum atomic E-state index is 0.973. The van der Waals surface area contributed by atoms with Gasteiger partial charge in [-0.2, -0.15) is 0 Å². The highest BCUT2D eigenvalue weighted by molar-refractivity contribution is 6.08. The summed E-state index contributed by atoms with van der Waals surface area (Å²) in [6.45, 7) is 0. The van der Waals surface area contributed by atoms with Crippen molar-refractivity contribution >= 4 is 21.7 Å². The number of hydrogen-bond donors (Lipinski definition) is 0. The molecule has 0 aliphatic rings. The molecule has 2 nitrogen and oxygen atoms in total. The third-order valence-corrected chi connectivity index (χ3v) is 4.79. The van der Waals surface area contributed by atoms with Crippen molar-refractivity contribution < 1.29 is 0 Å². The fourth-order valence-electron chi connectivity index (χ4n) is 3.48. The lowest BCUT2D eigenvalue weighted by atomic mass is 9.99. The summed E-state index contributed by atoms with van der Waals surface area (Å²) in [5, 5.41) is 3.44. The van der Waals surface area contributed by atoms with Crippen molar-refractivity contribution in [3.63, 3.8) is 0 Å². The SMILES string of the molecule is c1ccc(-c2ccc(-c3ncnc4c3ccc3ccccc34)cc2)cc1. The first-order valence-electron chi connectivity index (χ1n) is 8.68. The van der Waals surface area contributed by atoms with E-state index in [2.05, 4.69) is 94.9 Å². The summed E-state index contributed by atoms with van der Waals surface area (Å²) >= 11 is 0. The van der Waals surface area contributed by atoms with Gasteiger partial charge in [0.1, 0.15) is 6.33 Å². The Morgan fingerprint density at radius 2 is 1.15 bits per heavy atom. The maximum absolute atomic E-state index is 4.58. The fourth-order valence-corrected chi connectivity index (χ4v) is 3.48. The van der Waals surface area contributed by atoms with Gasteiger partial charge in [0.05, 0.1) is 11.2 Å². The lowest BCUT2D eigenvalue weighted by molar-refractivity contribution is 1.23. The molecule has 1 heterocycles. The molecule has 0 amide bonds. The average Bonchev–Trinajstić information content (AvgIpc) is 2.74. The van der Waals surface area contributed by atoms with Gasteiger partial charge in [0.15, 0.2) is 0 Å². The molecule has 0 N–H and O–H groups in total. The zero-order valence-electron chi connectivity index (χ0n) is 14.1. The van der Waals surface area contributed by atoms with Gasteiger partial charge in [-0.3, -0.25) is 0 Å². The molecule has 5 aromatic rings. The van der Waals surface area contributed by atoms with E-state index in [9.17, 15) is 0 Å². The summed E-state index contributed by atoms with van der Waals surface area (Å²) in [5.74, 6) is 0. The van der Waals surface area contributed by atoms with Crippen molar-refractivity contribution in [2.24, 2.45) is 0 Å². The van der Waals surface area contributed by atoms with E-state index in [4.69, 9.17) is 0 Å². The summed E-state index contributed by atoms with van der Waals surface area (Å²) in [6.07, 6.45) is 1.66. The van der Waals surface area contributed by atoms with E-state index in [-0.39, 0.29) is 0 Å². The molecule has 0 saturated heterocycles.